The fraction of sp³-hybridized carbons (Fsp3) is 0.167. The summed E-state index contributed by atoms with van der Waals surface area (Å²) >= 11 is 5.61. The minimum Gasteiger partial charge on any atom is -0.336 e. The molecule has 3 aromatic carbocycles. The van der Waals surface area contributed by atoms with Crippen LogP contribution in [0.2, 0.25) is 5.02 Å². The van der Waals surface area contributed by atoms with E-state index >= 15 is 0 Å². The molecule has 0 spiro atoms. The van der Waals surface area contributed by atoms with E-state index in [9.17, 15) is 22.8 Å². The number of carbonyl (C=O) groups excluding carboxylic acids is 2. The lowest BCUT2D eigenvalue weighted by atomic mass is 9.90. The van der Waals surface area contributed by atoms with Gasteiger partial charge in [-0.3, -0.25) is 9.59 Å². The van der Waals surface area contributed by atoms with E-state index in [-0.39, 0.29) is 18.1 Å². The monoisotopic (exact) mass is 460 g/mol. The van der Waals surface area contributed by atoms with Gasteiger partial charge in [-0.2, -0.15) is 13.2 Å². The van der Waals surface area contributed by atoms with Crippen LogP contribution in [0, 0.1) is 0 Å². The molecule has 0 atom stereocenters. The summed E-state index contributed by atoms with van der Waals surface area (Å²) in [6.07, 6.45) is -4.65. The lowest BCUT2D eigenvalue weighted by Crippen LogP contribution is -2.38. The first-order valence-electron chi connectivity index (χ1n) is 9.68. The molecular formula is C24H20ClF3N2O2. The Hall–Kier alpha value is -3.32. The molecule has 0 saturated carbocycles. The summed E-state index contributed by atoms with van der Waals surface area (Å²) in [7, 11) is 1.48. The van der Waals surface area contributed by atoms with Gasteiger partial charge in [-0.05, 0) is 29.3 Å². The summed E-state index contributed by atoms with van der Waals surface area (Å²) in [5.41, 5.74) is 0.428. The van der Waals surface area contributed by atoms with Crippen LogP contribution in [-0.2, 0) is 15.8 Å². The number of hydrogen-bond donors (Lipinski definition) is 1. The van der Waals surface area contributed by atoms with Crippen LogP contribution in [0.5, 0.6) is 0 Å². The first-order valence-corrected chi connectivity index (χ1v) is 10.1. The number of benzene rings is 3. The SMILES string of the molecule is CN(CC(=O)Nc1ccc(Cl)c(C(F)(F)F)c1)C(=O)C(c1ccccc1)c1ccccc1. The van der Waals surface area contributed by atoms with E-state index in [1.165, 1.54) is 18.0 Å². The summed E-state index contributed by atoms with van der Waals surface area (Å²) in [6.45, 7) is -0.334. The molecule has 32 heavy (non-hydrogen) atoms. The number of rotatable bonds is 6. The van der Waals surface area contributed by atoms with Gasteiger partial charge in [0.2, 0.25) is 11.8 Å². The van der Waals surface area contributed by atoms with Gasteiger partial charge in [0.25, 0.3) is 0 Å². The second-order valence-corrected chi connectivity index (χ2v) is 7.60. The first kappa shape index (κ1) is 23.3. The van der Waals surface area contributed by atoms with Crippen LogP contribution < -0.4 is 5.32 Å². The molecule has 1 N–H and O–H groups in total. The van der Waals surface area contributed by atoms with E-state index in [4.69, 9.17) is 11.6 Å². The summed E-state index contributed by atoms with van der Waals surface area (Å²) in [5, 5.41) is 1.93. The molecule has 0 aliphatic rings. The summed E-state index contributed by atoms with van der Waals surface area (Å²) in [5.74, 6) is -1.57. The van der Waals surface area contributed by atoms with Crippen molar-refractivity contribution in [1.29, 1.82) is 0 Å². The molecule has 0 heterocycles. The fourth-order valence-electron chi connectivity index (χ4n) is 3.30. The number of amides is 2. The molecule has 0 aliphatic carbocycles. The fourth-order valence-corrected chi connectivity index (χ4v) is 3.53. The van der Waals surface area contributed by atoms with Crippen molar-refractivity contribution in [2.75, 3.05) is 18.9 Å². The van der Waals surface area contributed by atoms with E-state index in [1.54, 1.807) is 0 Å². The normalized spacial score (nSPS) is 11.3. The highest BCUT2D eigenvalue weighted by Gasteiger charge is 2.33. The Labute approximate surface area is 188 Å². The van der Waals surface area contributed by atoms with Crippen LogP contribution in [0.3, 0.4) is 0 Å². The number of carbonyl (C=O) groups is 2. The van der Waals surface area contributed by atoms with E-state index in [0.29, 0.717) is 0 Å². The molecule has 4 nitrogen and oxygen atoms in total. The molecule has 2 amide bonds. The quantitative estimate of drug-likeness (QED) is 0.521. The Bertz CT molecular complexity index is 1050. The second-order valence-electron chi connectivity index (χ2n) is 7.19. The third kappa shape index (κ3) is 5.68. The standard InChI is InChI=1S/C24H20ClF3N2O2/c1-30(15-21(31)29-18-12-13-20(25)19(14-18)24(26,27)28)23(32)22(16-8-4-2-5-9-16)17-10-6-3-7-11-17/h2-14,22H,15H2,1H3,(H,29,31). The average Bonchev–Trinajstić information content (AvgIpc) is 2.76. The highest BCUT2D eigenvalue weighted by atomic mass is 35.5. The summed E-state index contributed by atoms with van der Waals surface area (Å²) in [6, 6.07) is 21.4. The van der Waals surface area contributed by atoms with Gasteiger partial charge in [0, 0.05) is 12.7 Å². The van der Waals surface area contributed by atoms with Crippen molar-refractivity contribution in [3.63, 3.8) is 0 Å². The minimum absolute atomic E-state index is 0.0600. The minimum atomic E-state index is -4.65. The van der Waals surface area contributed by atoms with Crippen LogP contribution in [0.25, 0.3) is 0 Å². The van der Waals surface area contributed by atoms with E-state index < -0.39 is 28.6 Å². The van der Waals surface area contributed by atoms with E-state index in [2.05, 4.69) is 5.32 Å². The lowest BCUT2D eigenvalue weighted by molar-refractivity contribution is -0.137. The molecule has 0 radical (unpaired) electrons. The number of nitrogens with zero attached hydrogens (tertiary/aromatic N) is 1. The van der Waals surface area contributed by atoms with Crippen molar-refractivity contribution in [3.8, 4) is 0 Å². The molecule has 0 saturated heterocycles. The number of nitrogens with one attached hydrogen (secondary N) is 1. The van der Waals surface area contributed by atoms with Crippen LogP contribution in [0.1, 0.15) is 22.6 Å². The number of alkyl halides is 3. The van der Waals surface area contributed by atoms with E-state index in [1.807, 2.05) is 60.7 Å². The zero-order chi connectivity index (χ0) is 23.3. The first-order chi connectivity index (χ1) is 15.2. The third-order valence-electron chi connectivity index (χ3n) is 4.83. The zero-order valence-electron chi connectivity index (χ0n) is 17.1. The number of likely N-dealkylation sites (N-methyl/N-ethyl adjacent to an activating group) is 1. The van der Waals surface area contributed by atoms with Gasteiger partial charge >= 0.3 is 6.18 Å². The lowest BCUT2D eigenvalue weighted by Gasteiger charge is -2.24. The van der Waals surface area contributed by atoms with Gasteiger partial charge in [0.05, 0.1) is 23.0 Å². The van der Waals surface area contributed by atoms with Gasteiger partial charge in [-0.15, -0.1) is 0 Å². The topological polar surface area (TPSA) is 49.4 Å². The largest absolute Gasteiger partial charge is 0.417 e. The van der Waals surface area contributed by atoms with Gasteiger partial charge in [-0.1, -0.05) is 72.3 Å². The van der Waals surface area contributed by atoms with Gasteiger partial charge < -0.3 is 10.2 Å². The average molecular weight is 461 g/mol. The molecule has 3 aromatic rings. The van der Waals surface area contributed by atoms with Crippen molar-refractivity contribution in [2.24, 2.45) is 0 Å². The zero-order valence-corrected chi connectivity index (χ0v) is 17.8. The number of halogens is 4. The predicted molar refractivity (Wildman–Crippen MR) is 117 cm³/mol. The number of hydrogen-bond acceptors (Lipinski definition) is 2. The third-order valence-corrected chi connectivity index (χ3v) is 5.15. The highest BCUT2D eigenvalue weighted by Crippen LogP contribution is 2.36. The summed E-state index contributed by atoms with van der Waals surface area (Å²) < 4.78 is 39.1. The maximum Gasteiger partial charge on any atom is 0.417 e. The van der Waals surface area contributed by atoms with Crippen LogP contribution in [-0.4, -0.2) is 30.3 Å². The van der Waals surface area contributed by atoms with Crippen molar-refractivity contribution in [3.05, 3.63) is 101 Å². The van der Waals surface area contributed by atoms with Crippen molar-refractivity contribution in [1.82, 2.24) is 4.90 Å². The Morgan fingerprint density at radius 3 is 1.97 bits per heavy atom. The molecule has 3 rings (SSSR count). The Kier molecular flexibility index (Phi) is 7.20. The number of anilines is 1. The second kappa shape index (κ2) is 9.87. The Morgan fingerprint density at radius 2 is 1.47 bits per heavy atom. The Morgan fingerprint density at radius 1 is 0.938 bits per heavy atom. The van der Waals surface area contributed by atoms with Crippen molar-refractivity contribution in [2.45, 2.75) is 12.1 Å². The highest BCUT2D eigenvalue weighted by molar-refractivity contribution is 6.31. The van der Waals surface area contributed by atoms with Gasteiger partial charge in [0.1, 0.15) is 0 Å². The van der Waals surface area contributed by atoms with Crippen molar-refractivity contribution < 1.29 is 22.8 Å². The van der Waals surface area contributed by atoms with E-state index in [0.717, 1.165) is 23.3 Å². The maximum absolute atomic E-state index is 13.2. The molecule has 8 heteroatoms. The summed E-state index contributed by atoms with van der Waals surface area (Å²) in [4.78, 5) is 26.9. The molecule has 0 fully saturated rings. The van der Waals surface area contributed by atoms with Crippen LogP contribution in [0.4, 0.5) is 18.9 Å². The maximum atomic E-state index is 13.2. The molecule has 0 bridgehead atoms. The van der Waals surface area contributed by atoms with Gasteiger partial charge in [-0.25, -0.2) is 0 Å². The van der Waals surface area contributed by atoms with Crippen LogP contribution in [0.15, 0.2) is 78.9 Å². The molecule has 0 unspecified atom stereocenters. The molecular weight excluding hydrogens is 441 g/mol. The smallest absolute Gasteiger partial charge is 0.336 e. The Balaban J connectivity index is 1.76. The molecule has 0 aliphatic heterocycles. The van der Waals surface area contributed by atoms with Gasteiger partial charge in [0.15, 0.2) is 0 Å². The van der Waals surface area contributed by atoms with Crippen molar-refractivity contribution >= 4 is 29.1 Å². The van der Waals surface area contributed by atoms with Crippen LogP contribution >= 0.6 is 11.6 Å². The molecule has 166 valence electrons. The molecule has 0 aromatic heterocycles. The predicted octanol–water partition coefficient (Wildman–Crippen LogP) is 5.59.